The van der Waals surface area contributed by atoms with E-state index in [9.17, 15) is 9.59 Å². The Morgan fingerprint density at radius 3 is 2.96 bits per heavy atom. The van der Waals surface area contributed by atoms with Crippen molar-refractivity contribution < 1.29 is 9.59 Å². The SMILES string of the molecule is CC(NC(=O)C1CCCC(N)C1)c1ccc2c(c1)CCC(=O)N2. The molecule has 0 radical (unpaired) electrons. The van der Waals surface area contributed by atoms with E-state index in [-0.39, 0.29) is 29.8 Å². The number of carbonyl (C=O) groups excluding carboxylic acids is 2. The lowest BCUT2D eigenvalue weighted by atomic mass is 9.85. The van der Waals surface area contributed by atoms with Crippen molar-refractivity contribution in [3.8, 4) is 0 Å². The van der Waals surface area contributed by atoms with Gasteiger partial charge in [-0.2, -0.15) is 0 Å². The van der Waals surface area contributed by atoms with Gasteiger partial charge < -0.3 is 16.4 Å². The number of hydrogen-bond donors (Lipinski definition) is 3. The van der Waals surface area contributed by atoms with Gasteiger partial charge in [0, 0.05) is 24.1 Å². The molecule has 2 amide bonds. The van der Waals surface area contributed by atoms with Gasteiger partial charge in [-0.15, -0.1) is 0 Å². The molecule has 1 aromatic rings. The molecule has 1 fully saturated rings. The second-order valence-corrected chi connectivity index (χ2v) is 6.82. The van der Waals surface area contributed by atoms with Crippen LogP contribution in [0.5, 0.6) is 0 Å². The number of fused-ring (bicyclic) bond motifs is 1. The van der Waals surface area contributed by atoms with Gasteiger partial charge in [-0.25, -0.2) is 0 Å². The lowest BCUT2D eigenvalue weighted by Crippen LogP contribution is -2.38. The van der Waals surface area contributed by atoms with Gasteiger partial charge in [0.25, 0.3) is 0 Å². The first-order valence-corrected chi connectivity index (χ1v) is 8.51. The quantitative estimate of drug-likeness (QED) is 0.800. The van der Waals surface area contributed by atoms with E-state index in [4.69, 9.17) is 5.73 Å². The van der Waals surface area contributed by atoms with E-state index in [1.54, 1.807) is 0 Å². The molecule has 124 valence electrons. The fourth-order valence-corrected chi connectivity index (χ4v) is 3.55. The third kappa shape index (κ3) is 3.72. The Labute approximate surface area is 137 Å². The Morgan fingerprint density at radius 1 is 1.35 bits per heavy atom. The molecule has 0 bridgehead atoms. The highest BCUT2D eigenvalue weighted by atomic mass is 16.2. The fraction of sp³-hybridized carbons (Fsp3) is 0.556. The number of carbonyl (C=O) groups is 2. The summed E-state index contributed by atoms with van der Waals surface area (Å²) in [6.45, 7) is 2.00. The summed E-state index contributed by atoms with van der Waals surface area (Å²) < 4.78 is 0. The van der Waals surface area contributed by atoms with Gasteiger partial charge in [-0.05, 0) is 49.8 Å². The monoisotopic (exact) mass is 315 g/mol. The number of nitrogens with two attached hydrogens (primary N) is 1. The minimum absolute atomic E-state index is 0.0384. The first-order valence-electron chi connectivity index (χ1n) is 8.51. The van der Waals surface area contributed by atoms with E-state index in [1.807, 2.05) is 19.1 Å². The molecule has 1 aliphatic carbocycles. The summed E-state index contributed by atoms with van der Waals surface area (Å²) in [5.41, 5.74) is 9.09. The minimum Gasteiger partial charge on any atom is -0.349 e. The smallest absolute Gasteiger partial charge is 0.224 e. The van der Waals surface area contributed by atoms with Gasteiger partial charge >= 0.3 is 0 Å². The molecule has 0 spiro atoms. The predicted molar refractivity (Wildman–Crippen MR) is 89.9 cm³/mol. The molecule has 23 heavy (non-hydrogen) atoms. The summed E-state index contributed by atoms with van der Waals surface area (Å²) in [4.78, 5) is 23.8. The van der Waals surface area contributed by atoms with Crippen LogP contribution in [-0.4, -0.2) is 17.9 Å². The molecule has 5 heteroatoms. The van der Waals surface area contributed by atoms with Crippen LogP contribution < -0.4 is 16.4 Å². The van der Waals surface area contributed by atoms with Gasteiger partial charge in [-0.3, -0.25) is 9.59 Å². The average Bonchev–Trinajstić information content (AvgIpc) is 2.54. The second-order valence-electron chi connectivity index (χ2n) is 6.82. The first kappa shape index (κ1) is 16.0. The molecule has 3 rings (SSSR count). The standard InChI is InChI=1S/C18H25N3O2/c1-11(20-18(23)14-3-2-4-15(19)10-14)12-5-7-16-13(9-12)6-8-17(22)21-16/h5,7,9,11,14-15H,2-4,6,8,10,19H2,1H3,(H,20,23)(H,21,22). The molecule has 1 aromatic carbocycles. The molecule has 1 heterocycles. The van der Waals surface area contributed by atoms with Crippen LogP contribution in [0.15, 0.2) is 18.2 Å². The van der Waals surface area contributed by atoms with Crippen LogP contribution in [0, 0.1) is 5.92 Å². The topological polar surface area (TPSA) is 84.2 Å². The molecular weight excluding hydrogens is 290 g/mol. The van der Waals surface area contributed by atoms with Gasteiger partial charge in [0.1, 0.15) is 0 Å². The van der Waals surface area contributed by atoms with Crippen molar-refractivity contribution in [2.75, 3.05) is 5.32 Å². The van der Waals surface area contributed by atoms with Crippen LogP contribution in [0.1, 0.15) is 56.2 Å². The summed E-state index contributed by atoms with van der Waals surface area (Å²) in [5.74, 6) is 0.219. The van der Waals surface area contributed by atoms with Crippen molar-refractivity contribution in [3.05, 3.63) is 29.3 Å². The maximum atomic E-state index is 12.4. The molecule has 2 aliphatic rings. The maximum absolute atomic E-state index is 12.4. The Kier molecular flexibility index (Phi) is 4.66. The van der Waals surface area contributed by atoms with E-state index >= 15 is 0 Å². The molecule has 0 saturated heterocycles. The van der Waals surface area contributed by atoms with Crippen LogP contribution in [0.2, 0.25) is 0 Å². The lowest BCUT2D eigenvalue weighted by Gasteiger charge is -2.27. The summed E-state index contributed by atoms with van der Waals surface area (Å²) in [5, 5.41) is 6.00. The van der Waals surface area contributed by atoms with E-state index < -0.39 is 0 Å². The largest absolute Gasteiger partial charge is 0.349 e. The van der Waals surface area contributed by atoms with Crippen molar-refractivity contribution in [1.82, 2.24) is 5.32 Å². The highest BCUT2D eigenvalue weighted by molar-refractivity contribution is 5.93. The van der Waals surface area contributed by atoms with Gasteiger partial charge in [0.15, 0.2) is 0 Å². The normalized spacial score (nSPS) is 25.2. The highest BCUT2D eigenvalue weighted by Gasteiger charge is 2.26. The van der Waals surface area contributed by atoms with Crippen LogP contribution in [0.25, 0.3) is 0 Å². The predicted octanol–water partition coefficient (Wildman–Crippen LogP) is 2.27. The van der Waals surface area contributed by atoms with Crippen LogP contribution in [0.3, 0.4) is 0 Å². The lowest BCUT2D eigenvalue weighted by molar-refractivity contribution is -0.126. The molecule has 0 aromatic heterocycles. The van der Waals surface area contributed by atoms with E-state index in [1.165, 1.54) is 0 Å². The Bertz CT molecular complexity index is 614. The third-order valence-corrected chi connectivity index (χ3v) is 4.97. The zero-order valence-electron chi connectivity index (χ0n) is 13.6. The number of rotatable bonds is 3. The zero-order chi connectivity index (χ0) is 16.4. The van der Waals surface area contributed by atoms with E-state index in [0.717, 1.165) is 48.9 Å². The van der Waals surface area contributed by atoms with E-state index in [0.29, 0.717) is 6.42 Å². The van der Waals surface area contributed by atoms with Gasteiger partial charge in [0.05, 0.1) is 6.04 Å². The minimum atomic E-state index is -0.0384. The van der Waals surface area contributed by atoms with E-state index in [2.05, 4.69) is 16.7 Å². The summed E-state index contributed by atoms with van der Waals surface area (Å²) >= 11 is 0. The zero-order valence-corrected chi connectivity index (χ0v) is 13.6. The Morgan fingerprint density at radius 2 is 2.17 bits per heavy atom. The number of benzene rings is 1. The number of nitrogens with one attached hydrogen (secondary N) is 2. The number of amides is 2. The van der Waals surface area contributed by atoms with Crippen LogP contribution >= 0.6 is 0 Å². The fourth-order valence-electron chi connectivity index (χ4n) is 3.55. The highest BCUT2D eigenvalue weighted by Crippen LogP contribution is 2.27. The van der Waals surface area contributed by atoms with Gasteiger partial charge in [-0.1, -0.05) is 18.6 Å². The average molecular weight is 315 g/mol. The molecule has 3 atom stereocenters. The summed E-state index contributed by atoms with van der Waals surface area (Å²) in [6.07, 6.45) is 5.06. The summed E-state index contributed by atoms with van der Waals surface area (Å²) in [7, 11) is 0. The van der Waals surface area contributed by atoms with Gasteiger partial charge in [0.2, 0.25) is 11.8 Å². The molecule has 1 saturated carbocycles. The van der Waals surface area contributed by atoms with Crippen molar-refractivity contribution in [3.63, 3.8) is 0 Å². The molecule has 1 aliphatic heterocycles. The number of hydrogen-bond acceptors (Lipinski definition) is 3. The summed E-state index contributed by atoms with van der Waals surface area (Å²) in [6, 6.07) is 6.11. The third-order valence-electron chi connectivity index (χ3n) is 4.97. The van der Waals surface area contributed by atoms with Crippen molar-refractivity contribution in [1.29, 1.82) is 0 Å². The molecular formula is C18H25N3O2. The molecule has 5 nitrogen and oxygen atoms in total. The van der Waals surface area contributed by atoms with Crippen LogP contribution in [0.4, 0.5) is 5.69 Å². The number of aryl methyl sites for hydroxylation is 1. The van der Waals surface area contributed by atoms with Crippen molar-refractivity contribution >= 4 is 17.5 Å². The number of anilines is 1. The molecule has 3 unspecified atom stereocenters. The van der Waals surface area contributed by atoms with Crippen molar-refractivity contribution in [2.24, 2.45) is 11.7 Å². The van der Waals surface area contributed by atoms with Crippen molar-refractivity contribution in [2.45, 2.75) is 57.5 Å². The maximum Gasteiger partial charge on any atom is 0.224 e. The van der Waals surface area contributed by atoms with Crippen LogP contribution in [-0.2, 0) is 16.0 Å². The Balaban J connectivity index is 1.65. The Hall–Kier alpha value is -1.88. The first-order chi connectivity index (χ1) is 11.0. The molecule has 4 N–H and O–H groups in total. The second kappa shape index (κ2) is 6.71.